The molecule has 3 aromatic rings. The quantitative estimate of drug-likeness (QED) is 0.777. The van der Waals surface area contributed by atoms with Gasteiger partial charge in [0, 0.05) is 40.6 Å². The number of benzene rings is 1. The summed E-state index contributed by atoms with van der Waals surface area (Å²) in [5.41, 5.74) is 3.29. The van der Waals surface area contributed by atoms with E-state index in [0.717, 1.165) is 22.2 Å². The third-order valence-electron chi connectivity index (χ3n) is 3.72. The largest absolute Gasteiger partial charge is 0.497 e. The summed E-state index contributed by atoms with van der Waals surface area (Å²) in [5.74, 6) is 0.857. The van der Waals surface area contributed by atoms with Crippen LogP contribution in [0.4, 0.5) is 0 Å². The maximum Gasteiger partial charge on any atom is 0.287 e. The molecule has 120 valence electrons. The molecule has 0 bridgehead atoms. The van der Waals surface area contributed by atoms with Crippen LogP contribution in [0.5, 0.6) is 5.75 Å². The average Bonchev–Trinajstić information content (AvgIpc) is 3.15. The summed E-state index contributed by atoms with van der Waals surface area (Å²) in [6.07, 6.45) is 2.58. The summed E-state index contributed by atoms with van der Waals surface area (Å²) >= 11 is 1.59. The highest BCUT2D eigenvalue weighted by molar-refractivity contribution is 7.09. The molecule has 1 N–H and O–H groups in total. The monoisotopic (exact) mass is 330 g/mol. The number of rotatable bonds is 5. The Labute approximate surface area is 138 Å². The fourth-order valence-corrected chi connectivity index (χ4v) is 3.26. The Balaban J connectivity index is 1.79. The molecule has 0 saturated heterocycles. The van der Waals surface area contributed by atoms with Crippen LogP contribution in [-0.2, 0) is 6.42 Å². The highest BCUT2D eigenvalue weighted by Crippen LogP contribution is 2.28. The van der Waals surface area contributed by atoms with Gasteiger partial charge in [-0.2, -0.15) is 0 Å². The van der Waals surface area contributed by atoms with Gasteiger partial charge in [-0.05, 0) is 26.0 Å². The lowest BCUT2D eigenvalue weighted by molar-refractivity contribution is 0.0913. The second-order valence-corrected chi connectivity index (χ2v) is 6.44. The number of aryl methyl sites for hydroxylation is 1. The van der Waals surface area contributed by atoms with Gasteiger partial charge in [-0.1, -0.05) is 0 Å². The molecule has 0 saturated carbocycles. The maximum absolute atomic E-state index is 12.5. The SMILES string of the molecule is COc1ccc2c(C)c(C(=O)N[C@@H](C)Cc3cncs3)oc2c1. The van der Waals surface area contributed by atoms with Crippen molar-refractivity contribution in [2.75, 3.05) is 7.11 Å². The van der Waals surface area contributed by atoms with Crippen LogP contribution in [0.2, 0.25) is 0 Å². The number of amides is 1. The first-order valence-corrected chi connectivity index (χ1v) is 8.22. The van der Waals surface area contributed by atoms with Gasteiger partial charge >= 0.3 is 0 Å². The number of furan rings is 1. The number of aromatic nitrogens is 1. The van der Waals surface area contributed by atoms with E-state index in [4.69, 9.17) is 9.15 Å². The lowest BCUT2D eigenvalue weighted by Gasteiger charge is -2.11. The van der Waals surface area contributed by atoms with Crippen molar-refractivity contribution in [3.05, 3.63) is 46.1 Å². The highest BCUT2D eigenvalue weighted by Gasteiger charge is 2.19. The average molecular weight is 330 g/mol. The third-order valence-corrected chi connectivity index (χ3v) is 4.52. The minimum atomic E-state index is -0.199. The van der Waals surface area contributed by atoms with E-state index >= 15 is 0 Å². The Morgan fingerprint density at radius 2 is 2.30 bits per heavy atom. The molecule has 2 heterocycles. The predicted octanol–water partition coefficient (Wildman–Crippen LogP) is 3.57. The number of carbonyl (C=O) groups is 1. The molecule has 5 nitrogen and oxygen atoms in total. The zero-order valence-corrected chi connectivity index (χ0v) is 14.1. The first-order chi connectivity index (χ1) is 11.1. The number of nitrogens with one attached hydrogen (secondary N) is 1. The van der Waals surface area contributed by atoms with Gasteiger partial charge in [0.25, 0.3) is 5.91 Å². The van der Waals surface area contributed by atoms with E-state index in [0.29, 0.717) is 17.1 Å². The Morgan fingerprint density at radius 3 is 3.00 bits per heavy atom. The van der Waals surface area contributed by atoms with Crippen molar-refractivity contribution in [2.45, 2.75) is 26.3 Å². The van der Waals surface area contributed by atoms with Crippen molar-refractivity contribution < 1.29 is 13.9 Å². The second-order valence-electron chi connectivity index (χ2n) is 5.46. The minimum Gasteiger partial charge on any atom is -0.497 e. The van der Waals surface area contributed by atoms with E-state index < -0.39 is 0 Å². The number of thiazole rings is 1. The van der Waals surface area contributed by atoms with Gasteiger partial charge in [-0.25, -0.2) is 0 Å². The molecule has 1 atom stereocenters. The minimum absolute atomic E-state index is 0.00472. The van der Waals surface area contributed by atoms with Crippen LogP contribution < -0.4 is 10.1 Å². The Bertz CT molecular complexity index is 824. The fourth-order valence-electron chi connectivity index (χ4n) is 2.53. The molecule has 0 aliphatic heterocycles. The number of carbonyl (C=O) groups excluding carboxylic acids is 1. The smallest absolute Gasteiger partial charge is 0.287 e. The van der Waals surface area contributed by atoms with Gasteiger partial charge in [-0.15, -0.1) is 11.3 Å². The van der Waals surface area contributed by atoms with Crippen molar-refractivity contribution >= 4 is 28.2 Å². The Hall–Kier alpha value is -2.34. The Morgan fingerprint density at radius 1 is 1.48 bits per heavy atom. The van der Waals surface area contributed by atoms with Crippen molar-refractivity contribution in [3.8, 4) is 5.75 Å². The first-order valence-electron chi connectivity index (χ1n) is 7.34. The maximum atomic E-state index is 12.5. The standard InChI is InChI=1S/C17H18N2O3S/c1-10(6-13-8-18-9-23-13)19-17(20)16-11(2)14-5-4-12(21-3)7-15(14)22-16/h4-5,7-10H,6H2,1-3H3,(H,19,20)/t10-/m0/s1. The van der Waals surface area contributed by atoms with Gasteiger partial charge in [0.05, 0.1) is 12.6 Å². The molecular formula is C17H18N2O3S. The number of ether oxygens (including phenoxy) is 1. The normalized spacial score (nSPS) is 12.3. The first kappa shape index (κ1) is 15.6. The highest BCUT2D eigenvalue weighted by atomic mass is 32.1. The van der Waals surface area contributed by atoms with Crippen LogP contribution in [0.15, 0.2) is 34.3 Å². The molecule has 0 aliphatic carbocycles. The Kier molecular flexibility index (Phi) is 4.34. The molecule has 23 heavy (non-hydrogen) atoms. The third kappa shape index (κ3) is 3.22. The van der Waals surface area contributed by atoms with Crippen molar-refractivity contribution in [1.29, 1.82) is 0 Å². The van der Waals surface area contributed by atoms with Crippen molar-refractivity contribution in [2.24, 2.45) is 0 Å². The topological polar surface area (TPSA) is 64.4 Å². The number of hydrogen-bond donors (Lipinski definition) is 1. The van der Waals surface area contributed by atoms with Crippen LogP contribution >= 0.6 is 11.3 Å². The van der Waals surface area contributed by atoms with E-state index in [-0.39, 0.29) is 11.9 Å². The van der Waals surface area contributed by atoms with Crippen LogP contribution in [0, 0.1) is 6.92 Å². The van der Waals surface area contributed by atoms with Crippen molar-refractivity contribution in [1.82, 2.24) is 10.3 Å². The van der Waals surface area contributed by atoms with Crippen LogP contribution in [0.1, 0.15) is 27.9 Å². The summed E-state index contributed by atoms with van der Waals surface area (Å²) in [4.78, 5) is 17.7. The van der Waals surface area contributed by atoms with E-state index in [1.54, 1.807) is 30.0 Å². The van der Waals surface area contributed by atoms with Gasteiger partial charge < -0.3 is 14.5 Å². The number of fused-ring (bicyclic) bond motifs is 1. The molecule has 0 spiro atoms. The van der Waals surface area contributed by atoms with Gasteiger partial charge in [-0.3, -0.25) is 9.78 Å². The molecule has 3 rings (SSSR count). The zero-order chi connectivity index (χ0) is 16.4. The number of methoxy groups -OCH3 is 1. The summed E-state index contributed by atoms with van der Waals surface area (Å²) in [6, 6.07) is 5.56. The molecule has 0 unspecified atom stereocenters. The van der Waals surface area contributed by atoms with E-state index in [9.17, 15) is 4.79 Å². The molecule has 6 heteroatoms. The van der Waals surface area contributed by atoms with Crippen LogP contribution in [0.3, 0.4) is 0 Å². The summed E-state index contributed by atoms with van der Waals surface area (Å²) in [6.45, 7) is 3.86. The fraction of sp³-hybridized carbons (Fsp3) is 0.294. The summed E-state index contributed by atoms with van der Waals surface area (Å²) in [7, 11) is 1.60. The van der Waals surface area contributed by atoms with E-state index in [1.807, 2.05) is 32.2 Å². The second kappa shape index (κ2) is 6.42. The molecule has 0 aliphatic rings. The lowest BCUT2D eigenvalue weighted by atomic mass is 10.1. The molecule has 1 aromatic carbocycles. The lowest BCUT2D eigenvalue weighted by Crippen LogP contribution is -2.34. The molecule has 2 aromatic heterocycles. The number of nitrogens with zero attached hydrogens (tertiary/aromatic N) is 1. The number of hydrogen-bond acceptors (Lipinski definition) is 5. The van der Waals surface area contributed by atoms with Gasteiger partial charge in [0.1, 0.15) is 11.3 Å². The van der Waals surface area contributed by atoms with E-state index in [2.05, 4.69) is 10.3 Å². The van der Waals surface area contributed by atoms with Crippen LogP contribution in [-0.4, -0.2) is 24.0 Å². The molecule has 0 radical (unpaired) electrons. The van der Waals surface area contributed by atoms with Crippen LogP contribution in [0.25, 0.3) is 11.0 Å². The molecule has 0 fully saturated rings. The molecule has 1 amide bonds. The predicted molar refractivity (Wildman–Crippen MR) is 90.2 cm³/mol. The zero-order valence-electron chi connectivity index (χ0n) is 13.3. The van der Waals surface area contributed by atoms with E-state index in [1.165, 1.54) is 0 Å². The molecular weight excluding hydrogens is 312 g/mol. The van der Waals surface area contributed by atoms with Gasteiger partial charge in [0.15, 0.2) is 5.76 Å². The van der Waals surface area contributed by atoms with Crippen molar-refractivity contribution in [3.63, 3.8) is 0 Å². The van der Waals surface area contributed by atoms with Gasteiger partial charge in [0.2, 0.25) is 0 Å². The summed E-state index contributed by atoms with van der Waals surface area (Å²) < 4.78 is 10.9. The summed E-state index contributed by atoms with van der Waals surface area (Å²) in [5, 5.41) is 3.90.